The molecule has 1 aliphatic heterocycles. The predicted molar refractivity (Wildman–Crippen MR) is 87.4 cm³/mol. The van der Waals surface area contributed by atoms with E-state index >= 15 is 0 Å². The first-order chi connectivity index (χ1) is 11.2. The predicted octanol–water partition coefficient (Wildman–Crippen LogP) is 3.12. The molecule has 1 aliphatic rings. The summed E-state index contributed by atoms with van der Waals surface area (Å²) in [4.78, 5) is 16.6. The Labute approximate surface area is 136 Å². The minimum atomic E-state index is -0.206. The smallest absolute Gasteiger partial charge is 0.312 e. The van der Waals surface area contributed by atoms with Crippen LogP contribution in [0.3, 0.4) is 0 Å². The highest BCUT2D eigenvalue weighted by Crippen LogP contribution is 2.27. The molecule has 0 saturated carbocycles. The van der Waals surface area contributed by atoms with Crippen LogP contribution in [-0.2, 0) is 22.4 Å². The van der Waals surface area contributed by atoms with E-state index in [2.05, 4.69) is 4.98 Å². The molecule has 4 nitrogen and oxygen atoms in total. The number of ether oxygens (including phenoxy) is 2. The highest BCUT2D eigenvalue weighted by molar-refractivity contribution is 5.73. The lowest BCUT2D eigenvalue weighted by Crippen LogP contribution is -2.30. The number of nitrogens with zero attached hydrogens (tertiary/aromatic N) is 1. The molecule has 23 heavy (non-hydrogen) atoms. The van der Waals surface area contributed by atoms with Crippen LogP contribution < -0.4 is 4.74 Å². The van der Waals surface area contributed by atoms with Gasteiger partial charge in [-0.05, 0) is 49.9 Å². The van der Waals surface area contributed by atoms with E-state index in [-0.39, 0.29) is 11.9 Å². The van der Waals surface area contributed by atoms with Crippen LogP contribution in [0.2, 0.25) is 0 Å². The average molecular weight is 311 g/mol. The zero-order valence-corrected chi connectivity index (χ0v) is 13.3. The van der Waals surface area contributed by atoms with Gasteiger partial charge in [0.15, 0.2) is 0 Å². The summed E-state index contributed by atoms with van der Waals surface area (Å²) in [5.41, 5.74) is 3.12. The molecule has 1 aromatic carbocycles. The minimum Gasteiger partial charge on any atom is -0.492 e. The van der Waals surface area contributed by atoms with Gasteiger partial charge in [0.2, 0.25) is 0 Å². The molecule has 0 aliphatic carbocycles. The van der Waals surface area contributed by atoms with Crippen LogP contribution in [0.4, 0.5) is 0 Å². The monoisotopic (exact) mass is 311 g/mol. The Morgan fingerprint density at radius 1 is 1.26 bits per heavy atom. The summed E-state index contributed by atoms with van der Waals surface area (Å²) in [5, 5.41) is 0. The Hall–Kier alpha value is -2.36. The number of hydrogen-bond acceptors (Lipinski definition) is 4. The molecule has 2 aromatic rings. The fourth-order valence-electron chi connectivity index (χ4n) is 2.76. The topological polar surface area (TPSA) is 48.4 Å². The van der Waals surface area contributed by atoms with E-state index in [0.717, 1.165) is 35.5 Å². The summed E-state index contributed by atoms with van der Waals surface area (Å²) in [6.45, 7) is 2.80. The van der Waals surface area contributed by atoms with Crippen molar-refractivity contribution >= 4 is 5.97 Å². The van der Waals surface area contributed by atoms with E-state index in [1.807, 2.05) is 49.4 Å². The Morgan fingerprint density at radius 2 is 2.13 bits per heavy atom. The maximum absolute atomic E-state index is 12.2. The van der Waals surface area contributed by atoms with Crippen LogP contribution in [-0.4, -0.2) is 24.2 Å². The van der Waals surface area contributed by atoms with Crippen LogP contribution in [0.25, 0.3) is 0 Å². The highest BCUT2D eigenvalue weighted by Gasteiger charge is 2.26. The third-order valence-corrected chi connectivity index (χ3v) is 3.98. The van der Waals surface area contributed by atoms with Crippen molar-refractivity contribution in [1.29, 1.82) is 0 Å². The molecule has 3 rings (SSSR count). The van der Waals surface area contributed by atoms with Crippen molar-refractivity contribution in [3.8, 4) is 5.75 Å². The number of carbonyl (C=O) groups excluding carboxylic acids is 1. The summed E-state index contributed by atoms with van der Waals surface area (Å²) >= 11 is 0. The maximum Gasteiger partial charge on any atom is 0.312 e. The van der Waals surface area contributed by atoms with Gasteiger partial charge in [0.1, 0.15) is 12.4 Å². The van der Waals surface area contributed by atoms with Crippen molar-refractivity contribution in [1.82, 2.24) is 4.98 Å². The third kappa shape index (κ3) is 4.09. The van der Waals surface area contributed by atoms with Gasteiger partial charge in [-0.2, -0.15) is 0 Å². The molecular formula is C19H21NO3. The molecule has 1 unspecified atom stereocenters. The summed E-state index contributed by atoms with van der Waals surface area (Å²) in [5.74, 6) is 0.501. The first-order valence-electron chi connectivity index (χ1n) is 8.02. The largest absolute Gasteiger partial charge is 0.492 e. The molecule has 4 heteroatoms. The molecular weight excluding hydrogens is 290 g/mol. The van der Waals surface area contributed by atoms with Crippen molar-refractivity contribution in [2.75, 3.05) is 13.2 Å². The van der Waals surface area contributed by atoms with Gasteiger partial charge in [0.25, 0.3) is 0 Å². The second-order valence-electron chi connectivity index (χ2n) is 5.86. The lowest BCUT2D eigenvalue weighted by molar-refractivity contribution is -0.150. The lowest BCUT2D eigenvalue weighted by Gasteiger charge is -2.23. The zero-order valence-electron chi connectivity index (χ0n) is 13.3. The van der Waals surface area contributed by atoms with E-state index in [0.29, 0.717) is 19.6 Å². The Morgan fingerprint density at radius 3 is 3.00 bits per heavy atom. The number of carbonyl (C=O) groups is 1. The van der Waals surface area contributed by atoms with E-state index in [1.165, 1.54) is 0 Å². The standard InChI is InChI=1S/C19H21NO3/c1-14-6-4-8-17(20-14)9-5-11-22-19(21)16-12-15-7-2-3-10-18(15)23-13-16/h2-4,6-8,10,16H,5,9,11-13H2,1H3. The second-order valence-corrected chi connectivity index (χ2v) is 5.86. The molecule has 0 fully saturated rings. The molecule has 0 spiro atoms. The SMILES string of the molecule is Cc1cccc(CCCOC(=O)C2COc3ccccc3C2)n1. The summed E-state index contributed by atoms with van der Waals surface area (Å²) in [6.07, 6.45) is 2.29. The zero-order chi connectivity index (χ0) is 16.1. The van der Waals surface area contributed by atoms with Crippen molar-refractivity contribution in [2.24, 2.45) is 5.92 Å². The fourth-order valence-corrected chi connectivity index (χ4v) is 2.76. The maximum atomic E-state index is 12.2. The fraction of sp³-hybridized carbons (Fsp3) is 0.368. The normalized spacial score (nSPS) is 16.3. The van der Waals surface area contributed by atoms with E-state index in [9.17, 15) is 4.79 Å². The number of aryl methyl sites for hydroxylation is 2. The van der Waals surface area contributed by atoms with Crippen molar-refractivity contribution < 1.29 is 14.3 Å². The van der Waals surface area contributed by atoms with Gasteiger partial charge in [-0.25, -0.2) is 0 Å². The Kier molecular flexibility index (Phi) is 4.91. The number of fused-ring (bicyclic) bond motifs is 1. The first kappa shape index (κ1) is 15.5. The van der Waals surface area contributed by atoms with E-state index < -0.39 is 0 Å². The van der Waals surface area contributed by atoms with E-state index in [4.69, 9.17) is 9.47 Å². The molecule has 1 aromatic heterocycles. The highest BCUT2D eigenvalue weighted by atomic mass is 16.5. The van der Waals surface area contributed by atoms with E-state index in [1.54, 1.807) is 0 Å². The molecule has 1 atom stereocenters. The van der Waals surface area contributed by atoms with Gasteiger partial charge < -0.3 is 9.47 Å². The number of pyridine rings is 1. The summed E-state index contributed by atoms with van der Waals surface area (Å²) < 4.78 is 11.0. The molecule has 2 heterocycles. The molecule has 0 bridgehead atoms. The molecule has 0 N–H and O–H groups in total. The number of esters is 1. The van der Waals surface area contributed by atoms with Gasteiger partial charge in [0, 0.05) is 11.4 Å². The Bertz CT molecular complexity index is 684. The van der Waals surface area contributed by atoms with Crippen LogP contribution in [0.5, 0.6) is 5.75 Å². The van der Waals surface area contributed by atoms with Crippen molar-refractivity contribution in [3.05, 3.63) is 59.4 Å². The molecule has 0 amide bonds. The van der Waals surface area contributed by atoms with Gasteiger partial charge in [-0.1, -0.05) is 24.3 Å². The second kappa shape index (κ2) is 7.27. The quantitative estimate of drug-likeness (QED) is 0.629. The average Bonchev–Trinajstić information content (AvgIpc) is 2.58. The first-order valence-corrected chi connectivity index (χ1v) is 8.02. The van der Waals surface area contributed by atoms with Gasteiger partial charge in [-0.15, -0.1) is 0 Å². The number of benzene rings is 1. The molecule has 0 saturated heterocycles. The van der Waals surface area contributed by atoms with Gasteiger partial charge >= 0.3 is 5.97 Å². The summed E-state index contributed by atoms with van der Waals surface area (Å²) in [7, 11) is 0. The van der Waals surface area contributed by atoms with Gasteiger partial charge in [-0.3, -0.25) is 9.78 Å². The van der Waals surface area contributed by atoms with Crippen LogP contribution in [0.1, 0.15) is 23.4 Å². The molecule has 0 radical (unpaired) electrons. The van der Waals surface area contributed by atoms with Crippen LogP contribution >= 0.6 is 0 Å². The Balaban J connectivity index is 1.43. The number of aromatic nitrogens is 1. The van der Waals surface area contributed by atoms with Crippen molar-refractivity contribution in [2.45, 2.75) is 26.2 Å². The van der Waals surface area contributed by atoms with Crippen molar-refractivity contribution in [3.63, 3.8) is 0 Å². The van der Waals surface area contributed by atoms with Crippen LogP contribution in [0, 0.1) is 12.8 Å². The lowest BCUT2D eigenvalue weighted by atomic mass is 9.97. The third-order valence-electron chi connectivity index (χ3n) is 3.98. The van der Waals surface area contributed by atoms with Gasteiger partial charge in [0.05, 0.1) is 12.5 Å². The summed E-state index contributed by atoms with van der Waals surface area (Å²) in [6, 6.07) is 13.8. The number of hydrogen-bond donors (Lipinski definition) is 0. The number of rotatable bonds is 5. The molecule has 120 valence electrons. The van der Waals surface area contributed by atoms with Crippen LogP contribution in [0.15, 0.2) is 42.5 Å². The minimum absolute atomic E-state index is 0.170. The number of para-hydroxylation sites is 1.